The molecule has 0 radical (unpaired) electrons. The summed E-state index contributed by atoms with van der Waals surface area (Å²) in [7, 11) is 0. The van der Waals surface area contributed by atoms with Gasteiger partial charge in [-0.2, -0.15) is 8.78 Å². The maximum atomic E-state index is 12.2. The number of rotatable bonds is 4. The minimum Gasteiger partial charge on any atom is -0.450 e. The van der Waals surface area contributed by atoms with E-state index in [0.29, 0.717) is 22.6 Å². The fraction of sp³-hybridized carbons (Fsp3) is 0.0588. The standard InChI is InChI=1S/C17H11F2N3O2/c18-17(19)23-11-7-5-10(6-8-11)22-16-15-14(20-9-21-16)12-3-1-2-4-13(12)24-15/h1-9,17H,(H,20,21,22). The van der Waals surface area contributed by atoms with Crippen LogP contribution in [-0.2, 0) is 0 Å². The highest BCUT2D eigenvalue weighted by atomic mass is 19.3. The number of fused-ring (bicyclic) bond motifs is 3. The SMILES string of the molecule is FC(F)Oc1ccc(Nc2ncnc3c2oc2ccccc23)cc1. The number of nitrogens with zero attached hydrogens (tertiary/aromatic N) is 2. The molecule has 7 heteroatoms. The molecule has 0 bridgehead atoms. The molecule has 120 valence electrons. The van der Waals surface area contributed by atoms with Crippen molar-refractivity contribution >= 4 is 33.6 Å². The van der Waals surface area contributed by atoms with Crippen molar-refractivity contribution in [2.45, 2.75) is 6.61 Å². The molecule has 24 heavy (non-hydrogen) atoms. The van der Waals surface area contributed by atoms with Gasteiger partial charge in [0, 0.05) is 11.1 Å². The molecule has 4 rings (SSSR count). The van der Waals surface area contributed by atoms with Crippen LogP contribution in [0.2, 0.25) is 0 Å². The first kappa shape index (κ1) is 14.4. The molecule has 5 nitrogen and oxygen atoms in total. The van der Waals surface area contributed by atoms with Crippen LogP contribution >= 0.6 is 0 Å². The summed E-state index contributed by atoms with van der Waals surface area (Å²) in [4.78, 5) is 8.47. The zero-order valence-corrected chi connectivity index (χ0v) is 12.2. The molecular formula is C17H11F2N3O2. The van der Waals surface area contributed by atoms with Crippen LogP contribution in [-0.4, -0.2) is 16.6 Å². The number of benzene rings is 2. The van der Waals surface area contributed by atoms with Crippen molar-refractivity contribution in [1.29, 1.82) is 0 Å². The van der Waals surface area contributed by atoms with E-state index >= 15 is 0 Å². The first-order chi connectivity index (χ1) is 11.7. The Morgan fingerprint density at radius 3 is 2.58 bits per heavy atom. The molecule has 2 aromatic heterocycles. The van der Waals surface area contributed by atoms with Gasteiger partial charge in [-0.15, -0.1) is 0 Å². The van der Waals surface area contributed by atoms with Crippen LogP contribution < -0.4 is 10.1 Å². The molecule has 0 aliphatic rings. The first-order valence-corrected chi connectivity index (χ1v) is 7.15. The quantitative estimate of drug-likeness (QED) is 0.587. The second-order valence-electron chi connectivity index (χ2n) is 5.03. The number of aromatic nitrogens is 2. The van der Waals surface area contributed by atoms with Crippen LogP contribution in [0.1, 0.15) is 0 Å². The van der Waals surface area contributed by atoms with Crippen LogP contribution in [0.3, 0.4) is 0 Å². The van der Waals surface area contributed by atoms with Crippen molar-refractivity contribution in [2.75, 3.05) is 5.32 Å². The highest BCUT2D eigenvalue weighted by molar-refractivity contribution is 6.05. The molecule has 0 saturated carbocycles. The number of hydrogen-bond donors (Lipinski definition) is 1. The minimum atomic E-state index is -2.85. The summed E-state index contributed by atoms with van der Waals surface area (Å²) in [6, 6.07) is 13.7. The molecule has 0 amide bonds. The molecular weight excluding hydrogens is 316 g/mol. The molecule has 0 atom stereocenters. The van der Waals surface area contributed by atoms with Crippen molar-refractivity contribution < 1.29 is 17.9 Å². The van der Waals surface area contributed by atoms with Crippen molar-refractivity contribution in [3.05, 3.63) is 54.9 Å². The monoisotopic (exact) mass is 327 g/mol. The summed E-state index contributed by atoms with van der Waals surface area (Å²) in [5.74, 6) is 0.589. The van der Waals surface area contributed by atoms with Crippen LogP contribution in [0, 0.1) is 0 Å². The zero-order valence-electron chi connectivity index (χ0n) is 12.2. The molecule has 2 heterocycles. The van der Waals surface area contributed by atoms with Crippen LogP contribution in [0.5, 0.6) is 5.75 Å². The van der Waals surface area contributed by atoms with Gasteiger partial charge in [0.1, 0.15) is 23.2 Å². The van der Waals surface area contributed by atoms with Crippen LogP contribution in [0.15, 0.2) is 59.3 Å². The topological polar surface area (TPSA) is 60.2 Å². The third-order valence-corrected chi connectivity index (χ3v) is 3.50. The molecule has 0 aliphatic carbocycles. The normalized spacial score (nSPS) is 11.3. The Morgan fingerprint density at radius 2 is 1.79 bits per heavy atom. The van der Waals surface area contributed by atoms with E-state index in [1.807, 2.05) is 24.3 Å². The van der Waals surface area contributed by atoms with Gasteiger partial charge in [-0.3, -0.25) is 0 Å². The van der Waals surface area contributed by atoms with Gasteiger partial charge in [-0.25, -0.2) is 9.97 Å². The molecule has 0 fully saturated rings. The predicted molar refractivity (Wildman–Crippen MR) is 85.7 cm³/mol. The number of ether oxygens (including phenoxy) is 1. The van der Waals surface area contributed by atoms with E-state index in [1.54, 1.807) is 12.1 Å². The molecule has 0 saturated heterocycles. The first-order valence-electron chi connectivity index (χ1n) is 7.15. The lowest BCUT2D eigenvalue weighted by atomic mass is 10.2. The van der Waals surface area contributed by atoms with Gasteiger partial charge in [0.05, 0.1) is 0 Å². The van der Waals surface area contributed by atoms with Gasteiger partial charge in [-0.05, 0) is 36.4 Å². The highest BCUT2D eigenvalue weighted by Crippen LogP contribution is 2.31. The average molecular weight is 327 g/mol. The Kier molecular flexibility index (Phi) is 3.45. The minimum absolute atomic E-state index is 0.0899. The Labute approximate surface area is 134 Å². The summed E-state index contributed by atoms with van der Waals surface area (Å²) < 4.78 is 34.5. The van der Waals surface area contributed by atoms with E-state index in [1.165, 1.54) is 18.5 Å². The summed E-state index contributed by atoms with van der Waals surface area (Å²) in [5.41, 5.74) is 2.63. The van der Waals surface area contributed by atoms with Crippen molar-refractivity contribution in [3.8, 4) is 5.75 Å². The largest absolute Gasteiger partial charge is 0.450 e. The number of hydrogen-bond acceptors (Lipinski definition) is 5. The number of para-hydroxylation sites is 1. The third kappa shape index (κ3) is 2.60. The molecule has 2 aromatic carbocycles. The lowest BCUT2D eigenvalue weighted by Crippen LogP contribution is -2.01. The van der Waals surface area contributed by atoms with Gasteiger partial charge >= 0.3 is 6.61 Å². The van der Waals surface area contributed by atoms with Crippen molar-refractivity contribution in [2.24, 2.45) is 0 Å². The van der Waals surface area contributed by atoms with E-state index < -0.39 is 6.61 Å². The average Bonchev–Trinajstić information content (AvgIpc) is 2.96. The molecule has 0 spiro atoms. The van der Waals surface area contributed by atoms with Gasteiger partial charge in [0.25, 0.3) is 0 Å². The van der Waals surface area contributed by atoms with Gasteiger partial charge in [-0.1, -0.05) is 12.1 Å². The number of halogens is 2. The Morgan fingerprint density at radius 1 is 1.00 bits per heavy atom. The second-order valence-corrected chi connectivity index (χ2v) is 5.03. The lowest BCUT2D eigenvalue weighted by molar-refractivity contribution is -0.0498. The second kappa shape index (κ2) is 5.77. The van der Waals surface area contributed by atoms with E-state index in [9.17, 15) is 8.78 Å². The van der Waals surface area contributed by atoms with E-state index in [4.69, 9.17) is 4.42 Å². The van der Waals surface area contributed by atoms with E-state index in [2.05, 4.69) is 20.0 Å². The summed E-state index contributed by atoms with van der Waals surface area (Å²) >= 11 is 0. The third-order valence-electron chi connectivity index (χ3n) is 3.50. The van der Waals surface area contributed by atoms with Crippen molar-refractivity contribution in [1.82, 2.24) is 9.97 Å². The Hall–Kier alpha value is -3.22. The maximum Gasteiger partial charge on any atom is 0.387 e. The summed E-state index contributed by atoms with van der Waals surface area (Å²) in [5, 5.41) is 4.00. The molecule has 4 aromatic rings. The number of furan rings is 1. The Bertz CT molecular complexity index is 1000. The van der Waals surface area contributed by atoms with Gasteiger partial charge < -0.3 is 14.5 Å². The molecule has 0 unspecified atom stereocenters. The van der Waals surface area contributed by atoms with E-state index in [-0.39, 0.29) is 5.75 Å². The molecule has 1 N–H and O–H groups in total. The number of alkyl halides is 2. The molecule has 0 aliphatic heterocycles. The van der Waals surface area contributed by atoms with Gasteiger partial charge in [0.2, 0.25) is 0 Å². The highest BCUT2D eigenvalue weighted by Gasteiger charge is 2.13. The predicted octanol–water partition coefficient (Wildman–Crippen LogP) is 4.72. The van der Waals surface area contributed by atoms with Crippen LogP contribution in [0.4, 0.5) is 20.3 Å². The Balaban J connectivity index is 1.69. The van der Waals surface area contributed by atoms with E-state index in [0.717, 1.165) is 11.0 Å². The van der Waals surface area contributed by atoms with Gasteiger partial charge in [0.15, 0.2) is 11.4 Å². The van der Waals surface area contributed by atoms with Crippen LogP contribution in [0.25, 0.3) is 22.1 Å². The maximum absolute atomic E-state index is 12.2. The smallest absolute Gasteiger partial charge is 0.387 e. The number of anilines is 2. The summed E-state index contributed by atoms with van der Waals surface area (Å²) in [6.07, 6.45) is 1.45. The number of nitrogens with one attached hydrogen (secondary N) is 1. The lowest BCUT2D eigenvalue weighted by Gasteiger charge is -2.07. The fourth-order valence-electron chi connectivity index (χ4n) is 2.47. The van der Waals surface area contributed by atoms with Crippen molar-refractivity contribution in [3.63, 3.8) is 0 Å². The zero-order chi connectivity index (χ0) is 16.5. The summed E-state index contributed by atoms with van der Waals surface area (Å²) in [6.45, 7) is -2.85. The fourth-order valence-corrected chi connectivity index (χ4v) is 2.47.